The van der Waals surface area contributed by atoms with Crippen LogP contribution in [0.1, 0.15) is 19.8 Å². The minimum absolute atomic E-state index is 0.0887. The zero-order valence-corrected chi connectivity index (χ0v) is 7.64. The summed E-state index contributed by atoms with van der Waals surface area (Å²) in [7, 11) is 0. The first-order valence-electron chi connectivity index (χ1n) is 4.75. The van der Waals surface area contributed by atoms with Crippen LogP contribution in [-0.2, 0) is 9.47 Å². The van der Waals surface area contributed by atoms with E-state index in [0.717, 1.165) is 39.1 Å². The van der Waals surface area contributed by atoms with Crippen LogP contribution in [-0.4, -0.2) is 38.0 Å². The molecule has 2 rings (SSSR count). The van der Waals surface area contributed by atoms with Gasteiger partial charge in [-0.05, 0) is 19.8 Å². The van der Waals surface area contributed by atoms with Crippen molar-refractivity contribution in [1.82, 2.24) is 5.32 Å². The van der Waals surface area contributed by atoms with Crippen LogP contribution in [0.25, 0.3) is 0 Å². The fourth-order valence-corrected chi connectivity index (χ4v) is 1.77. The van der Waals surface area contributed by atoms with Crippen LogP contribution < -0.4 is 5.32 Å². The number of rotatable bonds is 2. The molecule has 1 unspecified atom stereocenters. The first-order chi connectivity index (χ1) is 5.79. The minimum atomic E-state index is 0.0887. The molecule has 2 saturated heterocycles. The van der Waals surface area contributed by atoms with Crippen LogP contribution in [0.5, 0.6) is 0 Å². The van der Waals surface area contributed by atoms with Crippen molar-refractivity contribution in [1.29, 1.82) is 0 Å². The molecule has 12 heavy (non-hydrogen) atoms. The maximum absolute atomic E-state index is 5.93. The van der Waals surface area contributed by atoms with Crippen molar-refractivity contribution >= 4 is 0 Å². The highest BCUT2D eigenvalue weighted by Crippen LogP contribution is 2.21. The zero-order valence-electron chi connectivity index (χ0n) is 7.64. The van der Waals surface area contributed by atoms with Gasteiger partial charge in [0.05, 0.1) is 18.3 Å². The van der Waals surface area contributed by atoms with E-state index in [0.29, 0.717) is 6.10 Å². The van der Waals surface area contributed by atoms with E-state index in [1.807, 2.05) is 0 Å². The number of ether oxygens (including phenoxy) is 2. The summed E-state index contributed by atoms with van der Waals surface area (Å²) in [5.74, 6) is 0. The lowest BCUT2D eigenvalue weighted by atomic mass is 9.99. The van der Waals surface area contributed by atoms with E-state index >= 15 is 0 Å². The highest BCUT2D eigenvalue weighted by atomic mass is 16.6. The average Bonchev–Trinajstić information content (AvgIpc) is 2.04. The molecule has 2 aliphatic heterocycles. The molecule has 0 amide bonds. The van der Waals surface area contributed by atoms with Crippen molar-refractivity contribution in [2.24, 2.45) is 0 Å². The highest BCUT2D eigenvalue weighted by molar-refractivity contribution is 4.91. The van der Waals surface area contributed by atoms with Crippen LogP contribution in [0.15, 0.2) is 0 Å². The van der Waals surface area contributed by atoms with Crippen LogP contribution in [0.2, 0.25) is 0 Å². The predicted molar refractivity (Wildman–Crippen MR) is 46.2 cm³/mol. The van der Waals surface area contributed by atoms with Gasteiger partial charge in [-0.25, -0.2) is 0 Å². The van der Waals surface area contributed by atoms with Crippen molar-refractivity contribution in [2.45, 2.75) is 31.5 Å². The Labute approximate surface area is 73.4 Å². The van der Waals surface area contributed by atoms with Gasteiger partial charge in [0.25, 0.3) is 0 Å². The lowest BCUT2D eigenvalue weighted by molar-refractivity contribution is -0.148. The van der Waals surface area contributed by atoms with Gasteiger partial charge in [0.15, 0.2) is 0 Å². The molecule has 1 N–H and O–H groups in total. The summed E-state index contributed by atoms with van der Waals surface area (Å²) in [6.45, 7) is 5.84. The van der Waals surface area contributed by atoms with Gasteiger partial charge in [0.1, 0.15) is 0 Å². The number of hydrogen-bond acceptors (Lipinski definition) is 3. The second-order valence-electron chi connectivity index (χ2n) is 4.01. The Morgan fingerprint density at radius 1 is 1.50 bits per heavy atom. The van der Waals surface area contributed by atoms with Gasteiger partial charge in [-0.2, -0.15) is 0 Å². The van der Waals surface area contributed by atoms with Crippen LogP contribution >= 0.6 is 0 Å². The first-order valence-corrected chi connectivity index (χ1v) is 4.75. The van der Waals surface area contributed by atoms with E-state index in [1.165, 1.54) is 0 Å². The smallest absolute Gasteiger partial charge is 0.0906 e. The number of nitrogens with one attached hydrogen (secondary N) is 1. The molecule has 0 saturated carbocycles. The third kappa shape index (κ3) is 1.79. The molecular weight excluding hydrogens is 154 g/mol. The summed E-state index contributed by atoms with van der Waals surface area (Å²) in [4.78, 5) is 0. The van der Waals surface area contributed by atoms with Crippen molar-refractivity contribution in [2.75, 3.05) is 26.3 Å². The summed E-state index contributed by atoms with van der Waals surface area (Å²) >= 11 is 0. The van der Waals surface area contributed by atoms with E-state index in [-0.39, 0.29) is 5.60 Å². The third-order valence-corrected chi connectivity index (χ3v) is 2.57. The van der Waals surface area contributed by atoms with Crippen LogP contribution in [0.4, 0.5) is 0 Å². The van der Waals surface area contributed by atoms with Gasteiger partial charge in [-0.15, -0.1) is 0 Å². The van der Waals surface area contributed by atoms with E-state index in [1.54, 1.807) is 0 Å². The van der Waals surface area contributed by atoms with Crippen molar-refractivity contribution in [3.05, 3.63) is 0 Å². The summed E-state index contributed by atoms with van der Waals surface area (Å²) < 4.78 is 11.3. The molecule has 0 radical (unpaired) electrons. The van der Waals surface area contributed by atoms with Crippen LogP contribution in [0.3, 0.4) is 0 Å². The van der Waals surface area contributed by atoms with Gasteiger partial charge in [-0.3, -0.25) is 0 Å². The molecule has 0 aromatic heterocycles. The fourth-order valence-electron chi connectivity index (χ4n) is 1.77. The Hall–Kier alpha value is -0.120. The maximum Gasteiger partial charge on any atom is 0.0906 e. The van der Waals surface area contributed by atoms with Gasteiger partial charge in [0, 0.05) is 19.7 Å². The average molecular weight is 171 g/mol. The fraction of sp³-hybridized carbons (Fsp3) is 1.00. The zero-order chi connectivity index (χ0) is 8.44. The molecule has 2 fully saturated rings. The van der Waals surface area contributed by atoms with E-state index < -0.39 is 0 Å². The summed E-state index contributed by atoms with van der Waals surface area (Å²) in [5.41, 5.74) is 0.0887. The molecule has 2 aliphatic rings. The van der Waals surface area contributed by atoms with Crippen molar-refractivity contribution in [3.8, 4) is 0 Å². The Kier molecular flexibility index (Phi) is 2.35. The van der Waals surface area contributed by atoms with Gasteiger partial charge < -0.3 is 14.8 Å². The van der Waals surface area contributed by atoms with E-state index in [4.69, 9.17) is 9.47 Å². The second kappa shape index (κ2) is 3.32. The molecular formula is C9H17NO2. The van der Waals surface area contributed by atoms with Crippen molar-refractivity contribution < 1.29 is 9.47 Å². The van der Waals surface area contributed by atoms with Gasteiger partial charge in [-0.1, -0.05) is 0 Å². The quantitative estimate of drug-likeness (QED) is 0.658. The molecule has 0 aliphatic carbocycles. The molecule has 2 heterocycles. The molecule has 0 bridgehead atoms. The normalized spacial score (nSPS) is 34.2. The molecule has 70 valence electrons. The number of hydrogen-bond donors (Lipinski definition) is 1. The molecule has 0 aromatic rings. The maximum atomic E-state index is 5.93. The molecule has 3 heteroatoms. The Morgan fingerprint density at radius 2 is 2.33 bits per heavy atom. The van der Waals surface area contributed by atoms with Crippen molar-refractivity contribution in [3.63, 3.8) is 0 Å². The van der Waals surface area contributed by atoms with Gasteiger partial charge >= 0.3 is 0 Å². The largest absolute Gasteiger partial charge is 0.379 e. The molecule has 0 aromatic carbocycles. The Morgan fingerprint density at radius 3 is 2.83 bits per heavy atom. The summed E-state index contributed by atoms with van der Waals surface area (Å²) in [6, 6.07) is 0. The Bertz CT molecular complexity index is 151. The topological polar surface area (TPSA) is 30.5 Å². The summed E-state index contributed by atoms with van der Waals surface area (Å²) in [6.07, 6.45) is 2.65. The lowest BCUT2D eigenvalue weighted by Gasteiger charge is -2.42. The first kappa shape index (κ1) is 8.48. The van der Waals surface area contributed by atoms with E-state index in [9.17, 15) is 0 Å². The summed E-state index contributed by atoms with van der Waals surface area (Å²) in [5, 5.41) is 3.23. The molecule has 3 nitrogen and oxygen atoms in total. The van der Waals surface area contributed by atoms with E-state index in [2.05, 4.69) is 12.2 Å². The lowest BCUT2D eigenvalue weighted by Crippen LogP contribution is -2.60. The third-order valence-electron chi connectivity index (χ3n) is 2.57. The molecule has 0 spiro atoms. The SMILES string of the molecule is CC1(OC2CCCOC2)CNC1. The van der Waals surface area contributed by atoms with Gasteiger partial charge in [0.2, 0.25) is 0 Å². The molecule has 1 atom stereocenters. The Balaban J connectivity index is 1.77. The second-order valence-corrected chi connectivity index (χ2v) is 4.01. The minimum Gasteiger partial charge on any atom is -0.379 e. The predicted octanol–water partition coefficient (Wildman–Crippen LogP) is 0.544. The monoisotopic (exact) mass is 171 g/mol. The highest BCUT2D eigenvalue weighted by Gasteiger charge is 2.35. The van der Waals surface area contributed by atoms with Crippen LogP contribution in [0, 0.1) is 0 Å². The standard InChI is InChI=1S/C9H17NO2/c1-9(6-10-7-9)12-8-3-2-4-11-5-8/h8,10H,2-7H2,1H3.